The van der Waals surface area contributed by atoms with Crippen LogP contribution in [0.3, 0.4) is 0 Å². The number of amides is 1. The molecule has 0 saturated heterocycles. The van der Waals surface area contributed by atoms with Gasteiger partial charge in [0.15, 0.2) is 5.82 Å². The van der Waals surface area contributed by atoms with Gasteiger partial charge in [-0.3, -0.25) is 4.79 Å². The molecule has 0 unspecified atom stereocenters. The topological polar surface area (TPSA) is 97.3 Å². The molecule has 1 aromatic carbocycles. The second-order valence-corrected chi connectivity index (χ2v) is 7.46. The highest BCUT2D eigenvalue weighted by Gasteiger charge is 2.22. The van der Waals surface area contributed by atoms with Crippen LogP contribution in [0.25, 0.3) is 17.0 Å². The second kappa shape index (κ2) is 7.18. The molecule has 30 heavy (non-hydrogen) atoms. The van der Waals surface area contributed by atoms with E-state index in [0.29, 0.717) is 17.9 Å². The summed E-state index contributed by atoms with van der Waals surface area (Å²) >= 11 is 0. The van der Waals surface area contributed by atoms with Gasteiger partial charge in [0, 0.05) is 24.8 Å². The van der Waals surface area contributed by atoms with E-state index in [1.807, 2.05) is 47.9 Å². The fourth-order valence-electron chi connectivity index (χ4n) is 4.03. The molecule has 0 fully saturated rings. The van der Waals surface area contributed by atoms with Crippen LogP contribution in [0.15, 0.2) is 54.7 Å². The number of aromatic nitrogens is 3. The van der Waals surface area contributed by atoms with Gasteiger partial charge in [-0.1, -0.05) is 30.3 Å². The Morgan fingerprint density at radius 1 is 1.20 bits per heavy atom. The zero-order valence-corrected chi connectivity index (χ0v) is 16.6. The van der Waals surface area contributed by atoms with Gasteiger partial charge in [-0.05, 0) is 42.7 Å². The molecule has 1 aliphatic rings. The maximum Gasteiger partial charge on any atom is 0.250 e. The number of carbonyl (C=O) groups excluding carboxylic acids is 1. The number of fused-ring (bicyclic) bond motifs is 2. The Morgan fingerprint density at radius 3 is 2.83 bits per heavy atom. The van der Waals surface area contributed by atoms with Crippen molar-refractivity contribution in [1.29, 1.82) is 0 Å². The van der Waals surface area contributed by atoms with Crippen LogP contribution in [-0.4, -0.2) is 26.8 Å². The van der Waals surface area contributed by atoms with Crippen LogP contribution in [0.4, 0.5) is 11.6 Å². The molecule has 3 aromatic heterocycles. The van der Waals surface area contributed by atoms with Crippen molar-refractivity contribution in [3.8, 4) is 11.5 Å². The molecule has 4 heterocycles. The van der Waals surface area contributed by atoms with Crippen molar-refractivity contribution in [2.45, 2.75) is 19.9 Å². The Morgan fingerprint density at radius 2 is 2.03 bits per heavy atom. The number of nitrogens with one attached hydrogen (secondary N) is 2. The Labute approximate surface area is 174 Å². The normalized spacial score (nSPS) is 12.6. The van der Waals surface area contributed by atoms with Gasteiger partial charge in [0.25, 0.3) is 5.91 Å². The number of hydrogen-bond acceptors (Lipinski definition) is 5. The van der Waals surface area contributed by atoms with Gasteiger partial charge in [-0.25, -0.2) is 9.97 Å². The zero-order chi connectivity index (χ0) is 20.7. The summed E-state index contributed by atoms with van der Waals surface area (Å²) in [6, 6.07) is 15.7. The summed E-state index contributed by atoms with van der Waals surface area (Å²) in [5.74, 6) is 1.85. The fourth-order valence-corrected chi connectivity index (χ4v) is 4.03. The molecule has 150 valence electrons. The number of nitrogens with two attached hydrogens (primary N) is 1. The number of pyridine rings is 1. The van der Waals surface area contributed by atoms with E-state index in [1.165, 1.54) is 5.56 Å². The molecule has 0 aliphatic carbocycles. The third-order valence-corrected chi connectivity index (χ3v) is 5.46. The highest BCUT2D eigenvalue weighted by molar-refractivity contribution is 6.00. The molecule has 4 N–H and O–H groups in total. The summed E-state index contributed by atoms with van der Waals surface area (Å²) < 4.78 is 1.94. The first-order valence-electron chi connectivity index (χ1n) is 9.95. The maximum atomic E-state index is 11.9. The third kappa shape index (κ3) is 3.04. The molecule has 0 saturated carbocycles. The lowest BCUT2D eigenvalue weighted by molar-refractivity contribution is 0.100. The Bertz CT molecular complexity index is 1260. The summed E-state index contributed by atoms with van der Waals surface area (Å²) in [5.41, 5.74) is 10.9. The van der Waals surface area contributed by atoms with Gasteiger partial charge in [0.05, 0.1) is 16.8 Å². The van der Waals surface area contributed by atoms with Crippen molar-refractivity contribution in [3.05, 3.63) is 77.0 Å². The quantitative estimate of drug-likeness (QED) is 0.479. The third-order valence-electron chi connectivity index (χ3n) is 5.46. The van der Waals surface area contributed by atoms with Gasteiger partial charge >= 0.3 is 0 Å². The SMILES string of the molecule is Cc1cc2c(C(N)=O)cccn2c1-c1nc2c(c(NCc3ccccc3)n1)CCN2. The molecule has 4 aromatic rings. The Hall–Kier alpha value is -3.87. The van der Waals surface area contributed by atoms with Crippen LogP contribution in [-0.2, 0) is 13.0 Å². The minimum Gasteiger partial charge on any atom is -0.369 e. The number of primary amides is 1. The molecule has 7 nitrogen and oxygen atoms in total. The van der Waals surface area contributed by atoms with Crippen LogP contribution in [0.2, 0.25) is 0 Å². The highest BCUT2D eigenvalue weighted by atomic mass is 16.1. The monoisotopic (exact) mass is 398 g/mol. The molecule has 0 spiro atoms. The largest absolute Gasteiger partial charge is 0.369 e. The molecule has 1 aliphatic heterocycles. The summed E-state index contributed by atoms with van der Waals surface area (Å²) in [7, 11) is 0. The average Bonchev–Trinajstić information content (AvgIpc) is 3.35. The number of hydrogen-bond donors (Lipinski definition) is 3. The van der Waals surface area contributed by atoms with Crippen LogP contribution in [0.1, 0.15) is 27.0 Å². The summed E-state index contributed by atoms with van der Waals surface area (Å²) in [4.78, 5) is 21.5. The lowest BCUT2D eigenvalue weighted by Crippen LogP contribution is -2.12. The number of carbonyl (C=O) groups is 1. The van der Waals surface area contributed by atoms with Crippen molar-refractivity contribution in [2.24, 2.45) is 5.73 Å². The van der Waals surface area contributed by atoms with E-state index in [2.05, 4.69) is 22.8 Å². The number of aryl methyl sites for hydroxylation is 1. The van der Waals surface area contributed by atoms with Crippen molar-refractivity contribution >= 4 is 23.1 Å². The highest BCUT2D eigenvalue weighted by Crippen LogP contribution is 2.32. The first-order valence-corrected chi connectivity index (χ1v) is 9.95. The number of benzene rings is 1. The first-order chi connectivity index (χ1) is 14.6. The minimum absolute atomic E-state index is 0.452. The van der Waals surface area contributed by atoms with Crippen LogP contribution in [0, 0.1) is 6.92 Å². The predicted octanol–water partition coefficient (Wildman–Crippen LogP) is 3.38. The molecule has 5 rings (SSSR count). The van der Waals surface area contributed by atoms with E-state index in [-0.39, 0.29) is 0 Å². The lowest BCUT2D eigenvalue weighted by Gasteiger charge is -2.13. The summed E-state index contributed by atoms with van der Waals surface area (Å²) in [6.07, 6.45) is 2.79. The van der Waals surface area contributed by atoms with Gasteiger partial charge in [-0.15, -0.1) is 0 Å². The van der Waals surface area contributed by atoms with Crippen molar-refractivity contribution in [2.75, 3.05) is 17.2 Å². The lowest BCUT2D eigenvalue weighted by atomic mass is 10.2. The van der Waals surface area contributed by atoms with Crippen molar-refractivity contribution in [1.82, 2.24) is 14.4 Å². The van der Waals surface area contributed by atoms with Gasteiger partial charge in [0.2, 0.25) is 0 Å². The van der Waals surface area contributed by atoms with E-state index in [0.717, 1.165) is 46.9 Å². The molecule has 0 atom stereocenters. The standard InChI is InChI=1S/C23H22N6O/c1-14-12-18-16(20(24)30)8-5-11-29(18)19(14)23-27-21-17(9-10-25-21)22(28-23)26-13-15-6-3-2-4-7-15/h2-8,11-12H,9-10,13H2,1H3,(H2,24,30)(H2,25,26,27,28). The molecule has 0 bridgehead atoms. The molecule has 0 radical (unpaired) electrons. The van der Waals surface area contributed by atoms with E-state index < -0.39 is 5.91 Å². The van der Waals surface area contributed by atoms with E-state index >= 15 is 0 Å². The summed E-state index contributed by atoms with van der Waals surface area (Å²) in [6.45, 7) is 3.52. The maximum absolute atomic E-state index is 11.9. The molecule has 1 amide bonds. The predicted molar refractivity (Wildman–Crippen MR) is 118 cm³/mol. The second-order valence-electron chi connectivity index (χ2n) is 7.46. The fraction of sp³-hybridized carbons (Fsp3) is 0.174. The first kappa shape index (κ1) is 18.2. The van der Waals surface area contributed by atoms with Gasteiger partial charge in [-0.2, -0.15) is 0 Å². The smallest absolute Gasteiger partial charge is 0.250 e. The molecular formula is C23H22N6O. The van der Waals surface area contributed by atoms with E-state index in [1.54, 1.807) is 6.07 Å². The van der Waals surface area contributed by atoms with E-state index in [9.17, 15) is 4.79 Å². The summed E-state index contributed by atoms with van der Waals surface area (Å²) in [5, 5.41) is 6.85. The average molecular weight is 398 g/mol. The molecule has 7 heteroatoms. The van der Waals surface area contributed by atoms with Crippen molar-refractivity contribution < 1.29 is 4.79 Å². The minimum atomic E-state index is -0.452. The van der Waals surface area contributed by atoms with Crippen LogP contribution >= 0.6 is 0 Å². The van der Waals surface area contributed by atoms with Crippen LogP contribution < -0.4 is 16.4 Å². The van der Waals surface area contributed by atoms with E-state index in [4.69, 9.17) is 15.7 Å². The molecular weight excluding hydrogens is 376 g/mol. The Kier molecular flexibility index (Phi) is 4.35. The Balaban J connectivity index is 1.61. The van der Waals surface area contributed by atoms with Crippen LogP contribution in [0.5, 0.6) is 0 Å². The van der Waals surface area contributed by atoms with Gasteiger partial charge in [0.1, 0.15) is 11.6 Å². The van der Waals surface area contributed by atoms with Crippen molar-refractivity contribution in [3.63, 3.8) is 0 Å². The van der Waals surface area contributed by atoms with Gasteiger partial charge < -0.3 is 20.8 Å². The zero-order valence-electron chi connectivity index (χ0n) is 16.6. The number of nitrogens with zero attached hydrogens (tertiary/aromatic N) is 3. The number of rotatable bonds is 5. The number of anilines is 2.